The summed E-state index contributed by atoms with van der Waals surface area (Å²) in [4.78, 5) is 35.0. The van der Waals surface area contributed by atoms with Gasteiger partial charge in [-0.15, -0.1) is 13.0 Å². The van der Waals surface area contributed by atoms with Gasteiger partial charge in [0.05, 0.1) is 36.8 Å². The number of nitrogens with one attached hydrogen (secondary N) is 2. The summed E-state index contributed by atoms with van der Waals surface area (Å²) in [5.74, 6) is 4.22. The number of aromatic nitrogens is 2. The highest BCUT2D eigenvalue weighted by molar-refractivity contribution is 6.02. The van der Waals surface area contributed by atoms with E-state index in [-0.39, 0.29) is 11.9 Å². The molecule has 6 rings (SSSR count). The van der Waals surface area contributed by atoms with Crippen LogP contribution in [0.4, 0.5) is 28.7 Å². The van der Waals surface area contributed by atoms with E-state index in [0.717, 1.165) is 81.9 Å². The van der Waals surface area contributed by atoms with E-state index in [0.29, 0.717) is 41.4 Å². The summed E-state index contributed by atoms with van der Waals surface area (Å²) in [6.07, 6.45) is 13.3. The molecule has 4 heterocycles. The zero-order valence-electron chi connectivity index (χ0n) is 27.6. The molecule has 2 aromatic carbocycles. The highest BCUT2D eigenvalue weighted by Gasteiger charge is 2.31. The van der Waals surface area contributed by atoms with E-state index >= 15 is 0 Å². The lowest BCUT2D eigenvalue weighted by Gasteiger charge is -2.43. The predicted molar refractivity (Wildman–Crippen MR) is 191 cm³/mol. The molecule has 0 radical (unpaired) electrons. The Labute approximate surface area is 283 Å². The van der Waals surface area contributed by atoms with Crippen molar-refractivity contribution in [3.05, 3.63) is 85.2 Å². The third-order valence-corrected chi connectivity index (χ3v) is 9.36. The molecule has 1 atom stereocenters. The van der Waals surface area contributed by atoms with Gasteiger partial charge in [-0.1, -0.05) is 30.7 Å². The number of terminal acetylenes is 1. The van der Waals surface area contributed by atoms with Crippen molar-refractivity contribution in [2.45, 2.75) is 31.3 Å². The third-order valence-electron chi connectivity index (χ3n) is 9.36. The number of carbonyl (C=O) groups is 1. The highest BCUT2D eigenvalue weighted by Crippen LogP contribution is 2.40. The number of methoxy groups -OCH3 is 1. The van der Waals surface area contributed by atoms with E-state index in [1.54, 1.807) is 7.11 Å². The lowest BCUT2D eigenvalue weighted by molar-refractivity contribution is -0.111. The molecule has 3 saturated heterocycles. The smallest absolute Gasteiger partial charge is 0.247 e. The third kappa shape index (κ3) is 7.47. The quantitative estimate of drug-likeness (QED) is 0.168. The minimum Gasteiger partial charge on any atom is -0.494 e. The molecule has 1 aromatic heterocycles. The largest absolute Gasteiger partial charge is 0.494 e. The van der Waals surface area contributed by atoms with Crippen molar-refractivity contribution in [1.29, 1.82) is 0 Å². The maximum atomic E-state index is 12.6. The molecular formula is C37H44N8O3. The Morgan fingerprint density at radius 3 is 2.60 bits per heavy atom. The Bertz CT molecular complexity index is 1660. The molecule has 11 nitrogen and oxygen atoms in total. The molecule has 0 aliphatic carbocycles. The topological polar surface area (TPSA) is 98.3 Å². The maximum Gasteiger partial charge on any atom is 0.247 e. The number of hydroxylamine groups is 1. The summed E-state index contributed by atoms with van der Waals surface area (Å²) < 4.78 is 5.87. The maximum absolute atomic E-state index is 12.6. The number of rotatable bonds is 11. The number of anilines is 5. The molecule has 2 N–H and O–H groups in total. The molecule has 11 heteroatoms. The number of hydrogen-bond acceptors (Lipinski definition) is 10. The van der Waals surface area contributed by atoms with Gasteiger partial charge in [-0.3, -0.25) is 19.4 Å². The Morgan fingerprint density at radius 1 is 1.06 bits per heavy atom. The second kappa shape index (κ2) is 15.3. The molecule has 1 unspecified atom stereocenters. The molecule has 250 valence electrons. The van der Waals surface area contributed by atoms with Gasteiger partial charge in [-0.2, -0.15) is 0 Å². The van der Waals surface area contributed by atoms with Crippen LogP contribution in [-0.4, -0.2) is 91.2 Å². The molecule has 3 aliphatic rings. The summed E-state index contributed by atoms with van der Waals surface area (Å²) in [6.45, 7) is 15.1. The molecular weight excluding hydrogens is 604 g/mol. The zero-order valence-corrected chi connectivity index (χ0v) is 27.6. The first kappa shape index (κ1) is 33.0. The Morgan fingerprint density at radius 2 is 1.88 bits per heavy atom. The van der Waals surface area contributed by atoms with Gasteiger partial charge in [0.25, 0.3) is 0 Å². The molecule has 0 saturated carbocycles. The lowest BCUT2D eigenvalue weighted by atomic mass is 10.0. The number of piperidine rings is 1. The van der Waals surface area contributed by atoms with Crippen LogP contribution in [0.3, 0.4) is 0 Å². The Hall–Kier alpha value is -4.89. The number of carbonyl (C=O) groups excluding carboxylic acids is 1. The SMILES string of the molecule is C#Cc1cccc(C2CCON2c2cc(Nc3cc(NC(=O)C=C)c(N4CCC(N5CCN(CC=C)CC5)CC4)cc3OC)ncn2)c1. The molecule has 3 fully saturated rings. The van der Waals surface area contributed by atoms with Gasteiger partial charge in [0, 0.05) is 76.0 Å². The summed E-state index contributed by atoms with van der Waals surface area (Å²) >= 11 is 0. The van der Waals surface area contributed by atoms with Gasteiger partial charge in [0.2, 0.25) is 5.91 Å². The van der Waals surface area contributed by atoms with Crippen LogP contribution in [0.15, 0.2) is 74.1 Å². The van der Waals surface area contributed by atoms with Crippen LogP contribution >= 0.6 is 0 Å². The first-order chi connectivity index (χ1) is 23.5. The van der Waals surface area contributed by atoms with Gasteiger partial charge in [0.1, 0.15) is 17.9 Å². The van der Waals surface area contributed by atoms with Crippen LogP contribution in [0.2, 0.25) is 0 Å². The van der Waals surface area contributed by atoms with Gasteiger partial charge < -0.3 is 20.3 Å². The first-order valence-corrected chi connectivity index (χ1v) is 16.5. The summed E-state index contributed by atoms with van der Waals surface area (Å²) in [6, 6.07) is 14.1. The average molecular weight is 649 g/mol. The highest BCUT2D eigenvalue weighted by atomic mass is 16.7. The predicted octanol–water partition coefficient (Wildman–Crippen LogP) is 4.99. The summed E-state index contributed by atoms with van der Waals surface area (Å²) in [5.41, 5.74) is 4.11. The van der Waals surface area contributed by atoms with E-state index in [9.17, 15) is 4.79 Å². The monoisotopic (exact) mass is 648 g/mol. The second-order valence-electron chi connectivity index (χ2n) is 12.2. The fourth-order valence-corrected chi connectivity index (χ4v) is 6.85. The van der Waals surface area contributed by atoms with Crippen molar-refractivity contribution in [3.63, 3.8) is 0 Å². The fraction of sp³-hybridized carbons (Fsp3) is 0.378. The van der Waals surface area contributed by atoms with Crippen LogP contribution in [0.5, 0.6) is 5.75 Å². The van der Waals surface area contributed by atoms with Crippen molar-refractivity contribution < 1.29 is 14.4 Å². The van der Waals surface area contributed by atoms with Crippen LogP contribution in [0.1, 0.15) is 36.4 Å². The molecule has 3 aromatic rings. The molecule has 1 amide bonds. The Kier molecular flexibility index (Phi) is 10.6. The molecule has 3 aliphatic heterocycles. The van der Waals surface area contributed by atoms with Gasteiger partial charge in [0.15, 0.2) is 5.82 Å². The number of amides is 1. The molecule has 48 heavy (non-hydrogen) atoms. The number of nitrogens with zero attached hydrogens (tertiary/aromatic N) is 6. The first-order valence-electron chi connectivity index (χ1n) is 16.5. The number of piperazine rings is 1. The standard InChI is InChI=1S/C37H44N8O3/c1-5-14-42-17-19-43(20-18-42)29-11-15-44(16-12-29)33-24-34(47-4)31(23-30(33)41-37(46)7-3)40-35-25-36(39-26-38-35)45-32(13-21-48-45)28-10-8-9-27(6-2)22-28/h2,5,7-10,22-26,29,32H,1,3,11-21H2,4H3,(H,41,46)(H,38,39,40). The molecule has 0 bridgehead atoms. The Balaban J connectivity index is 1.20. The normalized spacial score (nSPS) is 19.0. The van der Waals surface area contributed by atoms with Crippen molar-refractivity contribution >= 4 is 34.6 Å². The van der Waals surface area contributed by atoms with E-state index in [1.807, 2.05) is 53.6 Å². The van der Waals surface area contributed by atoms with E-state index in [4.69, 9.17) is 16.0 Å². The van der Waals surface area contributed by atoms with Gasteiger partial charge >= 0.3 is 0 Å². The summed E-state index contributed by atoms with van der Waals surface area (Å²) in [7, 11) is 1.64. The van der Waals surface area contributed by atoms with Crippen LogP contribution in [0.25, 0.3) is 0 Å². The number of benzene rings is 2. The van der Waals surface area contributed by atoms with Crippen LogP contribution in [0, 0.1) is 12.3 Å². The van der Waals surface area contributed by atoms with E-state index in [2.05, 4.69) is 54.4 Å². The van der Waals surface area contributed by atoms with Gasteiger partial charge in [-0.05, 0) is 42.7 Å². The van der Waals surface area contributed by atoms with Gasteiger partial charge in [-0.25, -0.2) is 15.0 Å². The zero-order chi connectivity index (χ0) is 33.5. The summed E-state index contributed by atoms with van der Waals surface area (Å²) in [5, 5.41) is 8.22. The van der Waals surface area contributed by atoms with Crippen molar-refractivity contribution in [2.75, 3.05) is 80.1 Å². The number of ether oxygens (including phenoxy) is 1. The average Bonchev–Trinajstić information content (AvgIpc) is 3.63. The molecule has 0 spiro atoms. The second-order valence-corrected chi connectivity index (χ2v) is 12.2. The van der Waals surface area contributed by atoms with Crippen molar-refractivity contribution in [2.24, 2.45) is 0 Å². The minimum atomic E-state index is -0.282. The van der Waals surface area contributed by atoms with E-state index in [1.165, 1.54) is 12.4 Å². The number of hydrogen-bond donors (Lipinski definition) is 2. The van der Waals surface area contributed by atoms with Crippen LogP contribution < -0.4 is 25.3 Å². The van der Waals surface area contributed by atoms with E-state index < -0.39 is 0 Å². The van der Waals surface area contributed by atoms with Crippen molar-refractivity contribution in [1.82, 2.24) is 19.8 Å². The lowest BCUT2D eigenvalue weighted by Crippen LogP contribution is -2.53. The minimum absolute atomic E-state index is 0.0402. The van der Waals surface area contributed by atoms with Crippen molar-refractivity contribution in [3.8, 4) is 18.1 Å². The van der Waals surface area contributed by atoms with Crippen LogP contribution in [-0.2, 0) is 9.63 Å². The fourth-order valence-electron chi connectivity index (χ4n) is 6.85.